The predicted molar refractivity (Wildman–Crippen MR) is 37.8 cm³/mol. The number of pyridine rings is 1. The van der Waals surface area contributed by atoms with Crippen molar-refractivity contribution >= 4 is 5.97 Å². The van der Waals surface area contributed by atoms with Crippen LogP contribution in [0.3, 0.4) is 0 Å². The SMILES string of the molecule is O=C([O-])c1cc2c(cn1)OCC2.[K+]. The molecule has 0 radical (unpaired) electrons. The largest absolute Gasteiger partial charge is 1.00 e. The number of ether oxygens (including phenoxy) is 1. The summed E-state index contributed by atoms with van der Waals surface area (Å²) in [6.07, 6.45) is 2.17. The fourth-order valence-corrected chi connectivity index (χ4v) is 1.19. The van der Waals surface area contributed by atoms with Crippen LogP contribution in [-0.4, -0.2) is 17.6 Å². The van der Waals surface area contributed by atoms with E-state index in [1.165, 1.54) is 12.3 Å². The van der Waals surface area contributed by atoms with Crippen molar-refractivity contribution in [3.05, 3.63) is 23.5 Å². The fourth-order valence-electron chi connectivity index (χ4n) is 1.19. The van der Waals surface area contributed by atoms with Crippen LogP contribution in [0.25, 0.3) is 0 Å². The van der Waals surface area contributed by atoms with E-state index in [0.29, 0.717) is 12.4 Å². The van der Waals surface area contributed by atoms with Gasteiger partial charge in [-0.2, -0.15) is 0 Å². The van der Waals surface area contributed by atoms with E-state index in [0.717, 1.165) is 12.0 Å². The molecule has 13 heavy (non-hydrogen) atoms. The summed E-state index contributed by atoms with van der Waals surface area (Å²) in [5.74, 6) is -0.565. The first-order chi connectivity index (χ1) is 5.77. The third-order valence-electron chi connectivity index (χ3n) is 1.79. The third kappa shape index (κ3) is 2.29. The molecular weight excluding hydrogens is 197 g/mol. The molecule has 5 heteroatoms. The zero-order valence-electron chi connectivity index (χ0n) is 7.24. The number of carbonyl (C=O) groups is 1. The van der Waals surface area contributed by atoms with E-state index in [2.05, 4.69) is 4.98 Å². The molecule has 0 saturated carbocycles. The molecule has 0 aliphatic carbocycles. The molecule has 1 aliphatic rings. The zero-order valence-corrected chi connectivity index (χ0v) is 10.4. The minimum absolute atomic E-state index is 0. The van der Waals surface area contributed by atoms with Gasteiger partial charge in [-0.15, -0.1) is 0 Å². The Hall–Kier alpha value is 0.0564. The molecule has 0 amide bonds. The molecule has 0 bridgehead atoms. The van der Waals surface area contributed by atoms with Crippen molar-refractivity contribution in [2.24, 2.45) is 0 Å². The van der Waals surface area contributed by atoms with Crippen LogP contribution < -0.4 is 61.2 Å². The number of carboxylic acid groups (broad SMARTS) is 1. The number of aromatic carboxylic acids is 1. The number of hydrogen-bond acceptors (Lipinski definition) is 4. The molecule has 1 aliphatic heterocycles. The van der Waals surface area contributed by atoms with E-state index in [1.807, 2.05) is 0 Å². The summed E-state index contributed by atoms with van der Waals surface area (Å²) in [5, 5.41) is 10.4. The van der Waals surface area contributed by atoms with Crippen LogP contribution in [-0.2, 0) is 6.42 Å². The average molecular weight is 203 g/mol. The van der Waals surface area contributed by atoms with Gasteiger partial charge in [-0.1, -0.05) is 0 Å². The zero-order chi connectivity index (χ0) is 8.55. The van der Waals surface area contributed by atoms with Gasteiger partial charge < -0.3 is 14.6 Å². The molecule has 0 atom stereocenters. The second-order valence-electron chi connectivity index (χ2n) is 2.56. The minimum Gasteiger partial charge on any atom is -0.543 e. The van der Waals surface area contributed by atoms with Gasteiger partial charge in [0.05, 0.1) is 24.5 Å². The van der Waals surface area contributed by atoms with Gasteiger partial charge in [0.25, 0.3) is 0 Å². The van der Waals surface area contributed by atoms with Crippen molar-refractivity contribution in [2.45, 2.75) is 6.42 Å². The van der Waals surface area contributed by atoms with Gasteiger partial charge in [0.2, 0.25) is 0 Å². The maximum Gasteiger partial charge on any atom is 1.00 e. The first kappa shape index (κ1) is 11.1. The number of fused-ring (bicyclic) bond motifs is 1. The standard InChI is InChI=1S/C8H7NO3.K/c10-8(11)6-3-5-1-2-12-7(5)4-9-6;/h3-4H,1-2H2,(H,10,11);/q;+1/p-1. The van der Waals surface area contributed by atoms with Crippen LogP contribution >= 0.6 is 0 Å². The van der Waals surface area contributed by atoms with E-state index in [1.54, 1.807) is 0 Å². The Morgan fingerprint density at radius 1 is 1.62 bits per heavy atom. The van der Waals surface area contributed by atoms with Crippen molar-refractivity contribution in [2.75, 3.05) is 6.61 Å². The predicted octanol–water partition coefficient (Wildman–Crippen LogP) is -3.62. The van der Waals surface area contributed by atoms with E-state index in [-0.39, 0.29) is 57.1 Å². The Labute approximate surface area is 118 Å². The van der Waals surface area contributed by atoms with Gasteiger partial charge in [-0.05, 0) is 6.07 Å². The molecule has 0 unspecified atom stereocenters. The molecule has 1 aromatic heterocycles. The number of aromatic nitrogens is 1. The Balaban J connectivity index is 0.000000845. The summed E-state index contributed by atoms with van der Waals surface area (Å²) >= 11 is 0. The second-order valence-corrected chi connectivity index (χ2v) is 2.56. The minimum atomic E-state index is -1.25. The smallest absolute Gasteiger partial charge is 0.543 e. The van der Waals surface area contributed by atoms with Crippen molar-refractivity contribution < 1.29 is 66.0 Å². The third-order valence-corrected chi connectivity index (χ3v) is 1.79. The van der Waals surface area contributed by atoms with Gasteiger partial charge in [0.1, 0.15) is 5.75 Å². The Morgan fingerprint density at radius 3 is 3.08 bits per heavy atom. The first-order valence-corrected chi connectivity index (χ1v) is 3.60. The molecule has 0 saturated heterocycles. The van der Waals surface area contributed by atoms with Crippen molar-refractivity contribution in [1.82, 2.24) is 4.98 Å². The Morgan fingerprint density at radius 2 is 2.38 bits per heavy atom. The van der Waals surface area contributed by atoms with Crippen LogP contribution in [0.1, 0.15) is 16.1 Å². The summed E-state index contributed by atoms with van der Waals surface area (Å²) in [7, 11) is 0. The second kappa shape index (κ2) is 4.52. The Bertz CT molecular complexity index is 340. The number of nitrogens with zero attached hydrogens (tertiary/aromatic N) is 1. The molecule has 0 N–H and O–H groups in total. The van der Waals surface area contributed by atoms with E-state index in [4.69, 9.17) is 4.74 Å². The molecule has 62 valence electrons. The van der Waals surface area contributed by atoms with Crippen LogP contribution in [0.2, 0.25) is 0 Å². The van der Waals surface area contributed by atoms with Crippen LogP contribution in [0.4, 0.5) is 0 Å². The van der Waals surface area contributed by atoms with Crippen molar-refractivity contribution in [3.8, 4) is 5.75 Å². The van der Waals surface area contributed by atoms with Crippen LogP contribution in [0.15, 0.2) is 12.3 Å². The summed E-state index contributed by atoms with van der Waals surface area (Å²) in [6.45, 7) is 0.605. The summed E-state index contributed by atoms with van der Waals surface area (Å²) in [4.78, 5) is 14.0. The summed E-state index contributed by atoms with van der Waals surface area (Å²) < 4.78 is 5.16. The molecule has 0 spiro atoms. The Kier molecular flexibility index (Phi) is 3.87. The quantitative estimate of drug-likeness (QED) is 0.442. The average Bonchev–Trinajstić information content (AvgIpc) is 2.49. The maximum atomic E-state index is 10.4. The van der Waals surface area contributed by atoms with Crippen LogP contribution in [0, 0.1) is 0 Å². The normalized spacial score (nSPS) is 12.6. The van der Waals surface area contributed by atoms with Gasteiger partial charge in [-0.3, -0.25) is 4.98 Å². The van der Waals surface area contributed by atoms with E-state index >= 15 is 0 Å². The molecular formula is C8H6KNO3. The molecule has 2 rings (SSSR count). The number of rotatable bonds is 1. The number of carbonyl (C=O) groups excluding carboxylic acids is 1. The van der Waals surface area contributed by atoms with Crippen molar-refractivity contribution in [1.29, 1.82) is 0 Å². The number of carboxylic acids is 1. The van der Waals surface area contributed by atoms with Gasteiger partial charge in [-0.25, -0.2) is 0 Å². The van der Waals surface area contributed by atoms with Crippen LogP contribution in [0.5, 0.6) is 5.75 Å². The maximum absolute atomic E-state index is 10.4. The summed E-state index contributed by atoms with van der Waals surface area (Å²) in [5.41, 5.74) is 0.864. The monoisotopic (exact) mass is 203 g/mol. The summed E-state index contributed by atoms with van der Waals surface area (Å²) in [6, 6.07) is 1.50. The van der Waals surface area contributed by atoms with E-state index in [9.17, 15) is 9.90 Å². The molecule has 2 heterocycles. The fraction of sp³-hybridized carbons (Fsp3) is 0.250. The topological polar surface area (TPSA) is 62.2 Å². The van der Waals surface area contributed by atoms with Gasteiger partial charge in [0, 0.05) is 12.0 Å². The van der Waals surface area contributed by atoms with E-state index < -0.39 is 5.97 Å². The molecule has 0 fully saturated rings. The van der Waals surface area contributed by atoms with Crippen molar-refractivity contribution in [3.63, 3.8) is 0 Å². The first-order valence-electron chi connectivity index (χ1n) is 3.60. The molecule has 0 aromatic carbocycles. The van der Waals surface area contributed by atoms with Gasteiger partial charge in [0.15, 0.2) is 0 Å². The molecule has 4 nitrogen and oxygen atoms in total. The van der Waals surface area contributed by atoms with Gasteiger partial charge >= 0.3 is 51.4 Å². The molecule has 1 aromatic rings. The number of hydrogen-bond donors (Lipinski definition) is 0.